The van der Waals surface area contributed by atoms with E-state index in [0.29, 0.717) is 5.56 Å². The van der Waals surface area contributed by atoms with Crippen molar-refractivity contribution in [3.8, 4) is 0 Å². The van der Waals surface area contributed by atoms with Gasteiger partial charge in [0, 0.05) is 5.56 Å². The summed E-state index contributed by atoms with van der Waals surface area (Å²) in [6, 6.07) is 22.4. The molecule has 3 aromatic rings. The maximum absolute atomic E-state index is 12.6. The van der Waals surface area contributed by atoms with E-state index in [0.717, 1.165) is 16.3 Å². The first-order valence-corrected chi connectivity index (χ1v) is 6.60. The molecular formula is C18H15NO. The van der Waals surface area contributed by atoms with Gasteiger partial charge in [-0.1, -0.05) is 72.8 Å². The molecule has 0 bridgehead atoms. The highest BCUT2D eigenvalue weighted by molar-refractivity contribution is 6.10. The van der Waals surface area contributed by atoms with Gasteiger partial charge in [-0.25, -0.2) is 0 Å². The van der Waals surface area contributed by atoms with Gasteiger partial charge in [0.25, 0.3) is 0 Å². The van der Waals surface area contributed by atoms with Gasteiger partial charge in [-0.3, -0.25) is 4.79 Å². The van der Waals surface area contributed by atoms with Crippen LogP contribution in [-0.4, -0.2) is 5.78 Å². The molecule has 1 unspecified atom stereocenters. The molecule has 0 aliphatic heterocycles. The van der Waals surface area contributed by atoms with Gasteiger partial charge in [-0.05, 0) is 16.3 Å². The number of rotatable bonds is 3. The van der Waals surface area contributed by atoms with Crippen LogP contribution in [-0.2, 0) is 0 Å². The number of Topliss-reactive ketones (excluding diaryl/α,β-unsaturated/α-hetero) is 1. The maximum atomic E-state index is 12.6. The molecule has 0 radical (unpaired) electrons. The number of nitrogens with two attached hydrogens (primary N) is 1. The van der Waals surface area contributed by atoms with E-state index in [-0.39, 0.29) is 5.78 Å². The molecule has 20 heavy (non-hydrogen) atoms. The third kappa shape index (κ3) is 2.22. The number of hydrogen-bond acceptors (Lipinski definition) is 2. The van der Waals surface area contributed by atoms with Gasteiger partial charge >= 0.3 is 0 Å². The minimum atomic E-state index is -0.623. The summed E-state index contributed by atoms with van der Waals surface area (Å²) in [5, 5.41) is 2.00. The van der Waals surface area contributed by atoms with Gasteiger partial charge in [0.05, 0.1) is 6.04 Å². The number of fused-ring (bicyclic) bond motifs is 1. The van der Waals surface area contributed by atoms with E-state index in [1.165, 1.54) is 0 Å². The van der Waals surface area contributed by atoms with Gasteiger partial charge in [0.2, 0.25) is 0 Å². The van der Waals surface area contributed by atoms with E-state index < -0.39 is 6.04 Å². The Morgan fingerprint density at radius 3 is 2.25 bits per heavy atom. The highest BCUT2D eigenvalue weighted by Crippen LogP contribution is 2.23. The number of benzene rings is 3. The van der Waals surface area contributed by atoms with Crippen LogP contribution in [0.1, 0.15) is 22.0 Å². The van der Waals surface area contributed by atoms with E-state index in [4.69, 9.17) is 5.73 Å². The summed E-state index contributed by atoms with van der Waals surface area (Å²) in [6.45, 7) is 0. The van der Waals surface area contributed by atoms with Crippen LogP contribution in [0.2, 0.25) is 0 Å². The van der Waals surface area contributed by atoms with Crippen LogP contribution in [0.3, 0.4) is 0 Å². The lowest BCUT2D eigenvalue weighted by molar-refractivity contribution is 0.0963. The molecule has 98 valence electrons. The maximum Gasteiger partial charge on any atom is 0.184 e. The first kappa shape index (κ1) is 12.6. The van der Waals surface area contributed by atoms with Crippen molar-refractivity contribution >= 4 is 16.6 Å². The highest BCUT2D eigenvalue weighted by Gasteiger charge is 2.19. The Hall–Kier alpha value is -2.45. The molecule has 0 fully saturated rings. The molecule has 0 aromatic heterocycles. The summed E-state index contributed by atoms with van der Waals surface area (Å²) < 4.78 is 0. The van der Waals surface area contributed by atoms with Crippen LogP contribution in [0.5, 0.6) is 0 Å². The summed E-state index contributed by atoms with van der Waals surface area (Å²) in [6.07, 6.45) is 0. The molecule has 0 amide bonds. The van der Waals surface area contributed by atoms with Crippen molar-refractivity contribution in [2.45, 2.75) is 6.04 Å². The lowest BCUT2D eigenvalue weighted by Gasteiger charge is -2.12. The predicted octanol–water partition coefficient (Wildman–Crippen LogP) is 3.72. The largest absolute Gasteiger partial charge is 0.318 e. The second-order valence-electron chi connectivity index (χ2n) is 4.78. The topological polar surface area (TPSA) is 43.1 Å². The minimum Gasteiger partial charge on any atom is -0.318 e. The molecule has 1 atom stereocenters. The molecule has 2 N–H and O–H groups in total. The summed E-state index contributed by atoms with van der Waals surface area (Å²) in [5.74, 6) is -0.0481. The molecule has 0 aliphatic carbocycles. The summed E-state index contributed by atoms with van der Waals surface area (Å²) in [5.41, 5.74) is 7.63. The van der Waals surface area contributed by atoms with Gasteiger partial charge in [-0.15, -0.1) is 0 Å². The summed E-state index contributed by atoms with van der Waals surface area (Å²) in [4.78, 5) is 12.6. The number of ketones is 1. The fourth-order valence-electron chi connectivity index (χ4n) is 2.42. The van der Waals surface area contributed by atoms with Crippen molar-refractivity contribution in [3.63, 3.8) is 0 Å². The SMILES string of the molecule is NC(C(=O)c1cccc2ccccc12)c1ccccc1. The molecule has 0 saturated heterocycles. The van der Waals surface area contributed by atoms with Crippen molar-refractivity contribution in [2.24, 2.45) is 5.73 Å². The molecule has 0 heterocycles. The Bertz CT molecular complexity index is 744. The van der Waals surface area contributed by atoms with Gasteiger partial charge in [0.1, 0.15) is 0 Å². The quantitative estimate of drug-likeness (QED) is 0.730. The molecule has 3 aromatic carbocycles. The number of carbonyl (C=O) groups is 1. The van der Waals surface area contributed by atoms with Gasteiger partial charge < -0.3 is 5.73 Å². The second-order valence-corrected chi connectivity index (χ2v) is 4.78. The van der Waals surface area contributed by atoms with Crippen molar-refractivity contribution in [3.05, 3.63) is 83.9 Å². The molecular weight excluding hydrogens is 246 g/mol. The van der Waals surface area contributed by atoms with Crippen LogP contribution in [0.4, 0.5) is 0 Å². The predicted molar refractivity (Wildman–Crippen MR) is 81.6 cm³/mol. The van der Waals surface area contributed by atoms with Crippen LogP contribution in [0.15, 0.2) is 72.8 Å². The van der Waals surface area contributed by atoms with Crippen molar-refractivity contribution in [1.82, 2.24) is 0 Å². The zero-order valence-corrected chi connectivity index (χ0v) is 11.0. The second kappa shape index (κ2) is 5.27. The Morgan fingerprint density at radius 2 is 1.45 bits per heavy atom. The third-order valence-electron chi connectivity index (χ3n) is 3.50. The van der Waals surface area contributed by atoms with Crippen LogP contribution < -0.4 is 5.73 Å². The van der Waals surface area contributed by atoms with E-state index in [9.17, 15) is 4.79 Å². The Balaban J connectivity index is 2.05. The van der Waals surface area contributed by atoms with E-state index in [1.807, 2.05) is 72.8 Å². The Morgan fingerprint density at radius 1 is 0.800 bits per heavy atom. The minimum absolute atomic E-state index is 0.0481. The van der Waals surface area contributed by atoms with Gasteiger partial charge in [-0.2, -0.15) is 0 Å². The van der Waals surface area contributed by atoms with E-state index in [1.54, 1.807) is 0 Å². The standard InChI is InChI=1S/C18H15NO/c19-17(14-8-2-1-3-9-14)18(20)16-12-6-10-13-7-4-5-11-15(13)16/h1-12,17H,19H2. The fraction of sp³-hybridized carbons (Fsp3) is 0.0556. The number of carbonyl (C=O) groups excluding carboxylic acids is 1. The Kier molecular flexibility index (Phi) is 3.32. The average Bonchev–Trinajstić information content (AvgIpc) is 2.54. The molecule has 0 aliphatic rings. The van der Waals surface area contributed by atoms with E-state index in [2.05, 4.69) is 0 Å². The van der Waals surface area contributed by atoms with Crippen molar-refractivity contribution in [2.75, 3.05) is 0 Å². The molecule has 2 nitrogen and oxygen atoms in total. The fourth-order valence-corrected chi connectivity index (χ4v) is 2.42. The smallest absolute Gasteiger partial charge is 0.184 e. The molecule has 2 heteroatoms. The van der Waals surface area contributed by atoms with Crippen LogP contribution in [0, 0.1) is 0 Å². The van der Waals surface area contributed by atoms with Gasteiger partial charge in [0.15, 0.2) is 5.78 Å². The molecule has 3 rings (SSSR count). The van der Waals surface area contributed by atoms with Crippen molar-refractivity contribution in [1.29, 1.82) is 0 Å². The first-order chi connectivity index (χ1) is 9.77. The average molecular weight is 261 g/mol. The Labute approximate surface area is 117 Å². The summed E-state index contributed by atoms with van der Waals surface area (Å²) in [7, 11) is 0. The molecule has 0 saturated carbocycles. The molecule has 0 spiro atoms. The summed E-state index contributed by atoms with van der Waals surface area (Å²) >= 11 is 0. The van der Waals surface area contributed by atoms with Crippen molar-refractivity contribution < 1.29 is 4.79 Å². The highest BCUT2D eigenvalue weighted by atomic mass is 16.1. The van der Waals surface area contributed by atoms with E-state index >= 15 is 0 Å². The normalized spacial score (nSPS) is 12.2. The number of hydrogen-bond donors (Lipinski definition) is 1. The third-order valence-corrected chi connectivity index (χ3v) is 3.50. The van der Waals surface area contributed by atoms with Crippen LogP contribution in [0.25, 0.3) is 10.8 Å². The zero-order valence-electron chi connectivity index (χ0n) is 11.0. The monoisotopic (exact) mass is 261 g/mol. The lowest BCUT2D eigenvalue weighted by atomic mass is 9.94. The first-order valence-electron chi connectivity index (χ1n) is 6.60. The lowest BCUT2D eigenvalue weighted by Crippen LogP contribution is -2.21. The van der Waals surface area contributed by atoms with Crippen LogP contribution >= 0.6 is 0 Å². The zero-order chi connectivity index (χ0) is 13.9.